The van der Waals surface area contributed by atoms with Crippen molar-refractivity contribution in [2.75, 3.05) is 0 Å². The molecule has 2 aromatic rings. The molecule has 1 saturated heterocycles. The van der Waals surface area contributed by atoms with Gasteiger partial charge >= 0.3 is 0 Å². The normalized spacial score (nSPS) is 23.0. The van der Waals surface area contributed by atoms with Gasteiger partial charge in [0.2, 0.25) is 0 Å². The van der Waals surface area contributed by atoms with Gasteiger partial charge in [-0.15, -0.1) is 11.3 Å². The van der Waals surface area contributed by atoms with Crippen LogP contribution in [0.15, 0.2) is 47.8 Å². The van der Waals surface area contributed by atoms with Crippen molar-refractivity contribution in [2.45, 2.75) is 12.1 Å². The van der Waals surface area contributed by atoms with Crippen LogP contribution in [-0.4, -0.2) is 11.8 Å². The zero-order chi connectivity index (χ0) is 11.0. The van der Waals surface area contributed by atoms with Gasteiger partial charge in [0.05, 0.1) is 12.1 Å². The topological polar surface area (TPSA) is 39.0 Å². The smallest absolute Gasteiger partial charge is 0.181 e. The first kappa shape index (κ1) is 9.75. The maximum Gasteiger partial charge on any atom is 0.181 e. The predicted molar refractivity (Wildman–Crippen MR) is 64.8 cm³/mol. The minimum absolute atomic E-state index is 0.0268. The molecular formula is C13H11NOS. The van der Waals surface area contributed by atoms with E-state index < -0.39 is 0 Å². The number of thiophene rings is 1. The quantitative estimate of drug-likeness (QED) is 0.649. The van der Waals surface area contributed by atoms with E-state index in [0.717, 1.165) is 5.56 Å². The lowest BCUT2D eigenvalue weighted by atomic mass is 10.1. The first-order chi connectivity index (χ1) is 7.86. The zero-order valence-corrected chi connectivity index (χ0v) is 9.41. The fourth-order valence-corrected chi connectivity index (χ4v) is 2.68. The molecule has 3 rings (SSSR count). The van der Waals surface area contributed by atoms with Gasteiger partial charge in [-0.25, -0.2) is 0 Å². The Labute approximate surface area is 97.9 Å². The Hall–Kier alpha value is -1.45. The van der Waals surface area contributed by atoms with Crippen molar-refractivity contribution >= 4 is 17.1 Å². The zero-order valence-electron chi connectivity index (χ0n) is 8.59. The van der Waals surface area contributed by atoms with Gasteiger partial charge in [-0.2, -0.15) is 0 Å². The SMILES string of the molecule is O=C(c1ccccc1)[C@H]1N[C@@H]1c1cccs1. The number of benzene rings is 1. The summed E-state index contributed by atoms with van der Waals surface area (Å²) in [6.45, 7) is 0. The average Bonchev–Trinajstić information content (AvgIpc) is 2.95. The van der Waals surface area contributed by atoms with E-state index in [-0.39, 0.29) is 17.9 Å². The number of carbonyl (C=O) groups is 1. The molecule has 2 atom stereocenters. The first-order valence-corrected chi connectivity index (χ1v) is 6.13. The summed E-state index contributed by atoms with van der Waals surface area (Å²) in [6.07, 6.45) is 0. The van der Waals surface area contributed by atoms with Gasteiger partial charge in [-0.1, -0.05) is 36.4 Å². The number of ketones is 1. The molecule has 0 bridgehead atoms. The lowest BCUT2D eigenvalue weighted by Crippen LogP contribution is -2.09. The summed E-state index contributed by atoms with van der Waals surface area (Å²) in [5.41, 5.74) is 0.791. The third-order valence-corrected chi connectivity index (χ3v) is 3.73. The van der Waals surface area contributed by atoms with E-state index in [4.69, 9.17) is 0 Å². The first-order valence-electron chi connectivity index (χ1n) is 5.25. The van der Waals surface area contributed by atoms with Gasteiger partial charge in [-0.3, -0.25) is 10.1 Å². The van der Waals surface area contributed by atoms with E-state index in [1.807, 2.05) is 41.8 Å². The van der Waals surface area contributed by atoms with Gasteiger partial charge in [0.1, 0.15) is 0 Å². The molecule has 80 valence electrons. The van der Waals surface area contributed by atoms with Crippen molar-refractivity contribution in [3.63, 3.8) is 0 Å². The van der Waals surface area contributed by atoms with Crippen LogP contribution < -0.4 is 5.32 Å². The van der Waals surface area contributed by atoms with Gasteiger partial charge in [0, 0.05) is 10.4 Å². The monoisotopic (exact) mass is 229 g/mol. The van der Waals surface area contributed by atoms with E-state index in [2.05, 4.69) is 11.4 Å². The van der Waals surface area contributed by atoms with Crippen LogP contribution in [0.3, 0.4) is 0 Å². The molecule has 1 aromatic carbocycles. The molecule has 0 spiro atoms. The van der Waals surface area contributed by atoms with Gasteiger partial charge < -0.3 is 0 Å². The molecule has 1 aliphatic rings. The molecule has 1 aliphatic heterocycles. The molecule has 2 heterocycles. The van der Waals surface area contributed by atoms with Gasteiger partial charge in [0.25, 0.3) is 0 Å². The molecule has 1 N–H and O–H groups in total. The molecule has 0 aliphatic carbocycles. The highest BCUT2D eigenvalue weighted by Gasteiger charge is 2.43. The van der Waals surface area contributed by atoms with Crippen LogP contribution in [-0.2, 0) is 0 Å². The summed E-state index contributed by atoms with van der Waals surface area (Å²) in [5.74, 6) is 0.194. The Morgan fingerprint density at radius 2 is 1.94 bits per heavy atom. The number of carbonyl (C=O) groups excluding carboxylic acids is 1. The van der Waals surface area contributed by atoms with Crippen LogP contribution >= 0.6 is 11.3 Å². The molecule has 0 unspecified atom stereocenters. The van der Waals surface area contributed by atoms with E-state index >= 15 is 0 Å². The molecule has 3 heteroatoms. The standard InChI is InChI=1S/C13H11NOS/c15-13(9-5-2-1-3-6-9)12-11(14-12)10-7-4-8-16-10/h1-8,11-12,14H/t11-,12+/m1/s1. The number of rotatable bonds is 3. The number of hydrogen-bond donors (Lipinski definition) is 1. The van der Waals surface area contributed by atoms with Crippen molar-refractivity contribution in [3.05, 3.63) is 58.3 Å². The van der Waals surface area contributed by atoms with E-state index in [1.54, 1.807) is 11.3 Å². The van der Waals surface area contributed by atoms with E-state index in [1.165, 1.54) is 4.88 Å². The highest BCUT2D eigenvalue weighted by Crippen LogP contribution is 2.34. The van der Waals surface area contributed by atoms with Crippen molar-refractivity contribution in [2.24, 2.45) is 0 Å². The Morgan fingerprint density at radius 3 is 2.62 bits per heavy atom. The largest absolute Gasteiger partial charge is 0.296 e. The summed E-state index contributed by atoms with van der Waals surface area (Å²) in [5, 5.41) is 5.27. The fourth-order valence-electron chi connectivity index (χ4n) is 1.86. The molecule has 16 heavy (non-hydrogen) atoms. The Kier molecular flexibility index (Phi) is 2.35. The molecule has 0 radical (unpaired) electrons. The molecule has 2 nitrogen and oxygen atoms in total. The molecule has 1 fully saturated rings. The van der Waals surface area contributed by atoms with Gasteiger partial charge in [0.15, 0.2) is 5.78 Å². The van der Waals surface area contributed by atoms with Crippen molar-refractivity contribution in [3.8, 4) is 0 Å². The lowest BCUT2D eigenvalue weighted by molar-refractivity contribution is 0.0988. The second-order valence-electron chi connectivity index (χ2n) is 3.87. The maximum atomic E-state index is 12.1. The van der Waals surface area contributed by atoms with Crippen LogP contribution in [0.1, 0.15) is 21.3 Å². The van der Waals surface area contributed by atoms with E-state index in [9.17, 15) is 4.79 Å². The third-order valence-electron chi connectivity index (χ3n) is 2.77. The molecule has 0 saturated carbocycles. The summed E-state index contributed by atoms with van der Waals surface area (Å²) in [6, 6.07) is 13.7. The highest BCUT2D eigenvalue weighted by molar-refractivity contribution is 7.10. The number of hydrogen-bond acceptors (Lipinski definition) is 3. The van der Waals surface area contributed by atoms with Crippen LogP contribution in [0.25, 0.3) is 0 Å². The van der Waals surface area contributed by atoms with Crippen LogP contribution in [0, 0.1) is 0 Å². The van der Waals surface area contributed by atoms with Crippen molar-refractivity contribution in [1.29, 1.82) is 0 Å². The molecule has 0 amide bonds. The van der Waals surface area contributed by atoms with Gasteiger partial charge in [-0.05, 0) is 11.4 Å². The summed E-state index contributed by atoms with van der Waals surface area (Å²) < 4.78 is 0. The van der Waals surface area contributed by atoms with Crippen molar-refractivity contribution in [1.82, 2.24) is 5.32 Å². The Morgan fingerprint density at radius 1 is 1.12 bits per heavy atom. The summed E-state index contributed by atoms with van der Waals surface area (Å²) in [7, 11) is 0. The average molecular weight is 229 g/mol. The lowest BCUT2D eigenvalue weighted by Gasteiger charge is -1.96. The maximum absolute atomic E-state index is 12.1. The fraction of sp³-hybridized carbons (Fsp3) is 0.154. The highest BCUT2D eigenvalue weighted by atomic mass is 32.1. The minimum Gasteiger partial charge on any atom is -0.296 e. The predicted octanol–water partition coefficient (Wildman–Crippen LogP) is 2.64. The Balaban J connectivity index is 1.76. The van der Waals surface area contributed by atoms with Crippen LogP contribution in [0.4, 0.5) is 0 Å². The number of nitrogens with one attached hydrogen (secondary N) is 1. The minimum atomic E-state index is -0.0268. The second-order valence-corrected chi connectivity index (χ2v) is 4.85. The van der Waals surface area contributed by atoms with Crippen LogP contribution in [0.5, 0.6) is 0 Å². The Bertz CT molecular complexity index is 492. The molecular weight excluding hydrogens is 218 g/mol. The van der Waals surface area contributed by atoms with Crippen LogP contribution in [0.2, 0.25) is 0 Å². The summed E-state index contributed by atoms with van der Waals surface area (Å²) >= 11 is 1.70. The second kappa shape index (κ2) is 3.85. The van der Waals surface area contributed by atoms with Crippen molar-refractivity contribution < 1.29 is 4.79 Å². The number of Topliss-reactive ketones (excluding diaryl/α,β-unsaturated/α-hetero) is 1. The molecule has 1 aromatic heterocycles. The summed E-state index contributed by atoms with van der Waals surface area (Å²) in [4.78, 5) is 13.3. The third kappa shape index (κ3) is 1.68. The van der Waals surface area contributed by atoms with E-state index in [0.29, 0.717) is 0 Å².